The zero-order valence-electron chi connectivity index (χ0n) is 17.3. The molecule has 3 N–H and O–H groups in total. The van der Waals surface area contributed by atoms with Crippen molar-refractivity contribution in [2.45, 2.75) is 19.0 Å². The number of guanidine groups is 1. The first kappa shape index (κ1) is 25.3. The van der Waals surface area contributed by atoms with Gasteiger partial charge < -0.3 is 15.5 Å². The molecule has 31 heavy (non-hydrogen) atoms. The first-order valence-electron chi connectivity index (χ1n) is 9.81. The molecule has 1 aliphatic heterocycles. The van der Waals surface area contributed by atoms with E-state index in [9.17, 15) is 12.8 Å². The molecule has 0 radical (unpaired) electrons. The van der Waals surface area contributed by atoms with Gasteiger partial charge in [-0.2, -0.15) is 0 Å². The summed E-state index contributed by atoms with van der Waals surface area (Å²) in [7, 11) is -1.79. The van der Waals surface area contributed by atoms with Gasteiger partial charge in [0.1, 0.15) is 0 Å². The molecule has 3 rings (SSSR count). The first-order chi connectivity index (χ1) is 14.5. The van der Waals surface area contributed by atoms with Crippen LogP contribution in [0.25, 0.3) is 0 Å². The summed E-state index contributed by atoms with van der Waals surface area (Å²) in [6.07, 6.45) is 2.37. The molecule has 1 unspecified atom stereocenters. The molecule has 170 valence electrons. The molecule has 0 spiro atoms. The van der Waals surface area contributed by atoms with Gasteiger partial charge in [-0.05, 0) is 24.1 Å². The second-order valence-electron chi connectivity index (χ2n) is 7.01. The van der Waals surface area contributed by atoms with Crippen molar-refractivity contribution >= 4 is 45.8 Å². The summed E-state index contributed by atoms with van der Waals surface area (Å²) in [5.74, 6) is 0.451. The van der Waals surface area contributed by atoms with Crippen LogP contribution in [-0.2, 0) is 16.6 Å². The summed E-state index contributed by atoms with van der Waals surface area (Å²) in [5, 5.41) is 6.29. The van der Waals surface area contributed by atoms with Crippen molar-refractivity contribution in [1.82, 2.24) is 20.3 Å². The summed E-state index contributed by atoms with van der Waals surface area (Å²) in [6.45, 7) is 1.75. The minimum Gasteiger partial charge on any atom is -0.355 e. The molecule has 1 saturated heterocycles. The van der Waals surface area contributed by atoms with Gasteiger partial charge in [-0.1, -0.05) is 30.3 Å². The molecule has 11 heteroatoms. The van der Waals surface area contributed by atoms with Gasteiger partial charge in [-0.3, -0.25) is 4.99 Å². The summed E-state index contributed by atoms with van der Waals surface area (Å²) >= 11 is 0. The summed E-state index contributed by atoms with van der Waals surface area (Å²) in [6, 6.07) is 12.4. The van der Waals surface area contributed by atoms with Gasteiger partial charge in [0.25, 0.3) is 0 Å². The standard InChI is InChI=1S/C20H27FN6O2S.HI/c1-22-20(24-11-13-30(28,29)25-14-16-6-3-2-4-7-16)26-17-9-12-27(15-17)19-18(21)8-5-10-23-19;/h2-8,10,17,25H,9,11-15H2,1H3,(H2,22,24,26);1H. The van der Waals surface area contributed by atoms with E-state index >= 15 is 0 Å². The molecular formula is C20H28FIN6O2S. The Morgan fingerprint density at radius 3 is 2.74 bits per heavy atom. The lowest BCUT2D eigenvalue weighted by Gasteiger charge is -2.20. The predicted molar refractivity (Wildman–Crippen MR) is 132 cm³/mol. The Kier molecular flexibility index (Phi) is 9.91. The van der Waals surface area contributed by atoms with Crippen LogP contribution in [0.15, 0.2) is 53.7 Å². The van der Waals surface area contributed by atoms with E-state index in [0.29, 0.717) is 24.9 Å². The molecule has 8 nitrogen and oxygen atoms in total. The van der Waals surface area contributed by atoms with Crippen LogP contribution in [0.3, 0.4) is 0 Å². The van der Waals surface area contributed by atoms with Crippen molar-refractivity contribution in [3.63, 3.8) is 0 Å². The highest BCUT2D eigenvalue weighted by Gasteiger charge is 2.26. The predicted octanol–water partition coefficient (Wildman–Crippen LogP) is 1.70. The maximum Gasteiger partial charge on any atom is 0.213 e. The largest absolute Gasteiger partial charge is 0.355 e. The number of hydrogen-bond donors (Lipinski definition) is 3. The smallest absolute Gasteiger partial charge is 0.213 e. The fraction of sp³-hybridized carbons (Fsp3) is 0.400. The molecule has 2 aromatic rings. The molecule has 1 atom stereocenters. The fourth-order valence-corrected chi connectivity index (χ4v) is 4.14. The molecule has 1 aromatic carbocycles. The number of aliphatic imine (C=N–C) groups is 1. The third kappa shape index (κ3) is 7.89. The van der Waals surface area contributed by atoms with Gasteiger partial charge in [-0.15, -0.1) is 24.0 Å². The van der Waals surface area contributed by atoms with E-state index in [1.165, 1.54) is 6.07 Å². The Morgan fingerprint density at radius 1 is 1.26 bits per heavy atom. The Labute approximate surface area is 199 Å². The second-order valence-corrected chi connectivity index (χ2v) is 8.94. The van der Waals surface area contributed by atoms with Crippen molar-refractivity contribution in [1.29, 1.82) is 0 Å². The molecule has 2 heterocycles. The van der Waals surface area contributed by atoms with Crippen LogP contribution in [0.4, 0.5) is 10.2 Å². The molecule has 0 amide bonds. The highest BCUT2D eigenvalue weighted by molar-refractivity contribution is 14.0. The van der Waals surface area contributed by atoms with E-state index in [4.69, 9.17) is 0 Å². The van der Waals surface area contributed by atoms with Gasteiger partial charge in [0.15, 0.2) is 17.6 Å². The van der Waals surface area contributed by atoms with Crippen LogP contribution in [0.2, 0.25) is 0 Å². The number of nitrogens with zero attached hydrogens (tertiary/aromatic N) is 3. The Balaban J connectivity index is 0.00000341. The lowest BCUT2D eigenvalue weighted by atomic mass is 10.2. The van der Waals surface area contributed by atoms with E-state index in [1.807, 2.05) is 35.2 Å². The van der Waals surface area contributed by atoms with Crippen LogP contribution < -0.4 is 20.3 Å². The fourth-order valence-electron chi connectivity index (χ4n) is 3.23. The van der Waals surface area contributed by atoms with Gasteiger partial charge in [0, 0.05) is 45.5 Å². The Hall–Kier alpha value is -1.99. The van der Waals surface area contributed by atoms with Crippen LogP contribution in [0.5, 0.6) is 0 Å². The number of sulfonamides is 1. The lowest BCUT2D eigenvalue weighted by molar-refractivity contribution is 0.579. The minimum absolute atomic E-state index is 0. The zero-order chi connectivity index (χ0) is 21.4. The number of benzene rings is 1. The van der Waals surface area contributed by atoms with Gasteiger partial charge in [-0.25, -0.2) is 22.5 Å². The van der Waals surface area contributed by atoms with Crippen molar-refractivity contribution in [3.8, 4) is 0 Å². The van der Waals surface area contributed by atoms with E-state index < -0.39 is 10.0 Å². The highest BCUT2D eigenvalue weighted by Crippen LogP contribution is 2.20. The van der Waals surface area contributed by atoms with Crippen molar-refractivity contribution in [3.05, 3.63) is 60.0 Å². The van der Waals surface area contributed by atoms with Crippen molar-refractivity contribution in [2.24, 2.45) is 4.99 Å². The molecule has 0 bridgehead atoms. The molecular weight excluding hydrogens is 534 g/mol. The number of rotatable bonds is 8. The van der Waals surface area contributed by atoms with E-state index in [2.05, 4.69) is 25.3 Å². The summed E-state index contributed by atoms with van der Waals surface area (Å²) < 4.78 is 40.9. The monoisotopic (exact) mass is 562 g/mol. The Bertz CT molecular complexity index is 961. The number of anilines is 1. The minimum atomic E-state index is -3.41. The number of halogens is 2. The average Bonchev–Trinajstić information content (AvgIpc) is 3.21. The maximum absolute atomic E-state index is 13.9. The number of hydrogen-bond acceptors (Lipinski definition) is 5. The molecule has 1 aliphatic rings. The van der Waals surface area contributed by atoms with E-state index in [-0.39, 0.29) is 54.7 Å². The van der Waals surface area contributed by atoms with Crippen molar-refractivity contribution < 1.29 is 12.8 Å². The molecule has 1 fully saturated rings. The third-order valence-corrected chi connectivity index (χ3v) is 6.12. The zero-order valence-corrected chi connectivity index (χ0v) is 20.4. The van der Waals surface area contributed by atoms with Crippen LogP contribution in [0.1, 0.15) is 12.0 Å². The molecule has 0 aliphatic carbocycles. The van der Waals surface area contributed by atoms with Gasteiger partial charge in [0.05, 0.1) is 5.75 Å². The van der Waals surface area contributed by atoms with E-state index in [1.54, 1.807) is 19.3 Å². The number of pyridine rings is 1. The maximum atomic E-state index is 13.9. The number of nitrogens with one attached hydrogen (secondary N) is 3. The normalized spacial score (nSPS) is 16.6. The van der Waals surface area contributed by atoms with Gasteiger partial charge in [0.2, 0.25) is 10.0 Å². The third-order valence-electron chi connectivity index (χ3n) is 4.79. The number of aromatic nitrogens is 1. The first-order valence-corrected chi connectivity index (χ1v) is 11.5. The lowest BCUT2D eigenvalue weighted by Crippen LogP contribution is -2.46. The topological polar surface area (TPSA) is 98.7 Å². The van der Waals surface area contributed by atoms with Crippen LogP contribution in [0, 0.1) is 5.82 Å². The second kappa shape index (κ2) is 12.2. The summed E-state index contributed by atoms with van der Waals surface area (Å²) in [4.78, 5) is 10.2. The molecule has 1 aromatic heterocycles. The average molecular weight is 562 g/mol. The highest BCUT2D eigenvalue weighted by atomic mass is 127. The Morgan fingerprint density at radius 2 is 2.03 bits per heavy atom. The summed E-state index contributed by atoms with van der Waals surface area (Å²) in [5.41, 5.74) is 0.904. The van der Waals surface area contributed by atoms with Gasteiger partial charge >= 0.3 is 0 Å². The van der Waals surface area contributed by atoms with Crippen LogP contribution >= 0.6 is 24.0 Å². The SMILES string of the molecule is CN=C(NCCS(=O)(=O)NCc1ccccc1)NC1CCN(c2ncccc2F)C1.I. The molecule has 0 saturated carbocycles. The van der Waals surface area contributed by atoms with Crippen molar-refractivity contribution in [2.75, 3.05) is 37.3 Å². The van der Waals surface area contributed by atoms with E-state index in [0.717, 1.165) is 12.0 Å². The quantitative estimate of drug-likeness (QED) is 0.258. The van der Waals surface area contributed by atoms with Crippen LogP contribution in [-0.4, -0.2) is 57.8 Å².